The molecule has 6 heteroatoms. The molecular formula is C19H33FN4O. The van der Waals surface area contributed by atoms with Crippen molar-refractivity contribution in [2.45, 2.75) is 56.8 Å². The van der Waals surface area contributed by atoms with Gasteiger partial charge in [-0.05, 0) is 56.9 Å². The molecule has 5 rings (SSSR count). The van der Waals surface area contributed by atoms with Gasteiger partial charge in [0.1, 0.15) is 6.17 Å². The molecule has 142 valence electrons. The van der Waals surface area contributed by atoms with Gasteiger partial charge >= 0.3 is 0 Å². The van der Waals surface area contributed by atoms with E-state index in [-0.39, 0.29) is 29.7 Å². The zero-order valence-electron chi connectivity index (χ0n) is 15.2. The van der Waals surface area contributed by atoms with Crippen molar-refractivity contribution in [3.05, 3.63) is 0 Å². The fourth-order valence-corrected chi connectivity index (χ4v) is 5.69. The highest BCUT2D eigenvalue weighted by Gasteiger charge is 2.43. The normalized spacial score (nSPS) is 45.2. The van der Waals surface area contributed by atoms with Crippen LogP contribution in [0.2, 0.25) is 0 Å². The summed E-state index contributed by atoms with van der Waals surface area (Å²) in [7, 11) is 0. The molecule has 0 spiro atoms. The van der Waals surface area contributed by atoms with Gasteiger partial charge in [-0.15, -0.1) is 0 Å². The molecule has 5 unspecified atom stereocenters. The fraction of sp³-hybridized carbons (Fsp3) is 0.947. The van der Waals surface area contributed by atoms with E-state index in [9.17, 15) is 9.18 Å². The maximum Gasteiger partial charge on any atom is 0.226 e. The van der Waals surface area contributed by atoms with Crippen molar-refractivity contribution in [1.29, 1.82) is 0 Å². The first-order valence-corrected chi connectivity index (χ1v) is 10.3. The molecule has 1 aliphatic carbocycles. The quantitative estimate of drug-likeness (QED) is 0.778. The van der Waals surface area contributed by atoms with Gasteiger partial charge in [-0.3, -0.25) is 4.79 Å². The van der Waals surface area contributed by atoms with Gasteiger partial charge in [-0.1, -0.05) is 0 Å². The Labute approximate surface area is 150 Å². The Kier molecular flexibility index (Phi) is 5.30. The topological polar surface area (TPSA) is 61.6 Å². The minimum Gasteiger partial charge on any atom is -0.338 e. The largest absolute Gasteiger partial charge is 0.338 e. The van der Waals surface area contributed by atoms with Crippen molar-refractivity contribution in [2.24, 2.45) is 23.5 Å². The number of carbonyl (C=O) groups excluding carboxylic acids is 1. The summed E-state index contributed by atoms with van der Waals surface area (Å²) >= 11 is 0. The Morgan fingerprint density at radius 3 is 2.52 bits per heavy atom. The first kappa shape index (κ1) is 17.7. The van der Waals surface area contributed by atoms with Crippen molar-refractivity contribution in [3.8, 4) is 0 Å². The number of rotatable bonds is 2. The molecule has 3 N–H and O–H groups in total. The van der Waals surface area contributed by atoms with Gasteiger partial charge in [0.05, 0.1) is 0 Å². The van der Waals surface area contributed by atoms with Crippen LogP contribution in [-0.4, -0.2) is 73.2 Å². The maximum atomic E-state index is 15.0. The SMILES string of the molecule is NC1CNCCC1C1CCC(C(=O)N2CCN3CCC2CC3)CC1F. The van der Waals surface area contributed by atoms with Gasteiger partial charge < -0.3 is 20.9 Å². The molecule has 1 amide bonds. The Balaban J connectivity index is 1.37. The van der Waals surface area contributed by atoms with E-state index < -0.39 is 6.17 Å². The summed E-state index contributed by atoms with van der Waals surface area (Å²) in [6, 6.07) is 0.444. The summed E-state index contributed by atoms with van der Waals surface area (Å²) in [5.74, 6) is 0.432. The number of nitrogens with one attached hydrogen (secondary N) is 1. The molecule has 1 saturated carbocycles. The van der Waals surface area contributed by atoms with Crippen LogP contribution in [0, 0.1) is 17.8 Å². The lowest BCUT2D eigenvalue weighted by atomic mass is 9.70. The zero-order valence-corrected chi connectivity index (χ0v) is 15.2. The smallest absolute Gasteiger partial charge is 0.226 e. The van der Waals surface area contributed by atoms with Crippen molar-refractivity contribution in [2.75, 3.05) is 39.3 Å². The van der Waals surface area contributed by atoms with E-state index >= 15 is 0 Å². The van der Waals surface area contributed by atoms with Gasteiger partial charge in [0, 0.05) is 50.7 Å². The lowest BCUT2D eigenvalue weighted by Crippen LogP contribution is -2.52. The summed E-state index contributed by atoms with van der Waals surface area (Å²) in [6.45, 7) is 5.78. The van der Waals surface area contributed by atoms with Gasteiger partial charge in [-0.25, -0.2) is 4.39 Å². The maximum absolute atomic E-state index is 15.0. The second-order valence-corrected chi connectivity index (χ2v) is 8.61. The molecule has 5 atom stereocenters. The molecule has 0 aromatic carbocycles. The number of halogens is 1. The molecule has 0 radical (unpaired) electrons. The van der Waals surface area contributed by atoms with Crippen LogP contribution >= 0.6 is 0 Å². The standard InChI is InChI=1S/C19H33FN4O/c20-17-11-13(1-2-15(17)16-3-6-22-12-18(16)21)19(25)24-10-9-23-7-4-14(24)5-8-23/h13-18,22H,1-12,21H2. The Bertz CT molecular complexity index is 482. The lowest BCUT2D eigenvalue weighted by Gasteiger charge is -2.42. The molecule has 5 aliphatic rings. The molecule has 4 heterocycles. The monoisotopic (exact) mass is 352 g/mol. The van der Waals surface area contributed by atoms with E-state index in [2.05, 4.69) is 15.1 Å². The Morgan fingerprint density at radius 1 is 1.00 bits per heavy atom. The molecule has 4 aliphatic heterocycles. The molecule has 5 fully saturated rings. The zero-order chi connectivity index (χ0) is 17.4. The van der Waals surface area contributed by atoms with Crippen LogP contribution in [-0.2, 0) is 4.79 Å². The minimum atomic E-state index is -0.871. The van der Waals surface area contributed by atoms with Gasteiger partial charge in [0.25, 0.3) is 0 Å². The fourth-order valence-electron chi connectivity index (χ4n) is 5.69. The van der Waals surface area contributed by atoms with Crippen LogP contribution in [0.15, 0.2) is 0 Å². The number of alkyl halides is 1. The van der Waals surface area contributed by atoms with Crippen LogP contribution in [0.25, 0.3) is 0 Å². The van der Waals surface area contributed by atoms with Gasteiger partial charge in [-0.2, -0.15) is 0 Å². The highest BCUT2D eigenvalue weighted by molar-refractivity contribution is 5.79. The van der Waals surface area contributed by atoms with E-state index in [1.807, 2.05) is 0 Å². The van der Waals surface area contributed by atoms with Gasteiger partial charge in [0.15, 0.2) is 0 Å². The Morgan fingerprint density at radius 2 is 1.80 bits per heavy atom. The predicted octanol–water partition coefficient (Wildman–Crippen LogP) is 0.984. The first-order chi connectivity index (χ1) is 12.1. The highest BCUT2D eigenvalue weighted by atomic mass is 19.1. The van der Waals surface area contributed by atoms with Crippen LogP contribution in [0.4, 0.5) is 4.39 Å². The lowest BCUT2D eigenvalue weighted by molar-refractivity contribution is -0.140. The summed E-state index contributed by atoms with van der Waals surface area (Å²) < 4.78 is 15.0. The van der Waals surface area contributed by atoms with Crippen molar-refractivity contribution >= 4 is 5.91 Å². The van der Waals surface area contributed by atoms with E-state index in [0.717, 1.165) is 71.4 Å². The van der Waals surface area contributed by atoms with E-state index in [4.69, 9.17) is 5.73 Å². The first-order valence-electron chi connectivity index (χ1n) is 10.3. The third kappa shape index (κ3) is 3.58. The number of hydrogen-bond acceptors (Lipinski definition) is 4. The third-order valence-electron chi connectivity index (χ3n) is 7.24. The van der Waals surface area contributed by atoms with E-state index in [0.29, 0.717) is 12.5 Å². The molecular weight excluding hydrogens is 319 g/mol. The molecule has 2 bridgehead atoms. The second kappa shape index (κ2) is 7.49. The molecule has 0 aromatic heterocycles. The van der Waals surface area contributed by atoms with Crippen LogP contribution < -0.4 is 11.1 Å². The van der Waals surface area contributed by atoms with Crippen LogP contribution in [0.1, 0.15) is 38.5 Å². The Hall–Kier alpha value is -0.720. The number of fused-ring (bicyclic) bond motifs is 4. The van der Waals surface area contributed by atoms with E-state index in [1.54, 1.807) is 0 Å². The van der Waals surface area contributed by atoms with E-state index in [1.165, 1.54) is 0 Å². The summed E-state index contributed by atoms with van der Waals surface area (Å²) in [4.78, 5) is 17.6. The van der Waals surface area contributed by atoms with Crippen molar-refractivity contribution < 1.29 is 9.18 Å². The van der Waals surface area contributed by atoms with Crippen molar-refractivity contribution in [3.63, 3.8) is 0 Å². The summed E-state index contributed by atoms with van der Waals surface area (Å²) in [5, 5.41) is 3.30. The minimum absolute atomic E-state index is 0.0484. The van der Waals surface area contributed by atoms with Gasteiger partial charge in [0.2, 0.25) is 5.91 Å². The number of hydrogen-bond donors (Lipinski definition) is 2. The number of nitrogens with two attached hydrogens (primary N) is 1. The summed E-state index contributed by atoms with van der Waals surface area (Å²) in [5.41, 5.74) is 6.23. The average molecular weight is 352 g/mol. The molecule has 25 heavy (non-hydrogen) atoms. The third-order valence-corrected chi connectivity index (χ3v) is 7.24. The van der Waals surface area contributed by atoms with Crippen LogP contribution in [0.3, 0.4) is 0 Å². The van der Waals surface area contributed by atoms with Crippen molar-refractivity contribution in [1.82, 2.24) is 15.1 Å². The predicted molar refractivity (Wildman–Crippen MR) is 95.9 cm³/mol. The highest BCUT2D eigenvalue weighted by Crippen LogP contribution is 2.40. The number of carbonyl (C=O) groups is 1. The number of amides is 1. The molecule has 5 nitrogen and oxygen atoms in total. The molecule has 4 saturated heterocycles. The molecule has 0 aromatic rings. The summed E-state index contributed by atoms with van der Waals surface area (Å²) in [6.07, 6.45) is 4.34. The number of piperidine rings is 2. The van der Waals surface area contributed by atoms with Crippen LogP contribution in [0.5, 0.6) is 0 Å². The number of nitrogens with zero attached hydrogens (tertiary/aromatic N) is 2. The average Bonchev–Trinajstić information content (AvgIpc) is 2.96. The second-order valence-electron chi connectivity index (χ2n) is 8.61.